The van der Waals surface area contributed by atoms with Crippen LogP contribution in [-0.2, 0) is 32.6 Å². The highest BCUT2D eigenvalue weighted by Gasteiger charge is 2.30. The zero-order valence-corrected chi connectivity index (χ0v) is 24.5. The number of para-hydroxylation sites is 2. The fourth-order valence-corrected chi connectivity index (χ4v) is 5.58. The van der Waals surface area contributed by atoms with E-state index in [0.29, 0.717) is 24.5 Å². The van der Waals surface area contributed by atoms with Gasteiger partial charge in [0.15, 0.2) is 0 Å². The summed E-state index contributed by atoms with van der Waals surface area (Å²) in [7, 11) is -2.08. The molecule has 9 heteroatoms. The number of rotatable bonds is 14. The smallest absolute Gasteiger partial charge is 0.242 e. The molecule has 40 heavy (non-hydrogen) atoms. The number of anilines is 1. The Morgan fingerprint density at radius 3 is 2.25 bits per heavy atom. The minimum Gasteiger partial charge on any atom is -0.492 e. The van der Waals surface area contributed by atoms with Crippen molar-refractivity contribution in [3.8, 4) is 5.75 Å². The Bertz CT molecular complexity index is 1380. The standard InChI is InChI=1S/C31H39N3O5S/c1-5-39-29-19-12-11-18-27(29)34(40(4,37)38)21-13-20-30(35)33(23-26-17-10-9-14-24(26)2)28(31(36)32-3)22-25-15-7-6-8-16-25/h6-12,14-19,28H,5,13,20-23H2,1-4H3,(H,32,36)/t28-/m1/s1. The molecule has 0 aliphatic heterocycles. The lowest BCUT2D eigenvalue weighted by molar-refractivity contribution is -0.141. The van der Waals surface area contributed by atoms with Crippen LogP contribution in [-0.4, -0.2) is 57.6 Å². The van der Waals surface area contributed by atoms with Crippen molar-refractivity contribution < 1.29 is 22.7 Å². The van der Waals surface area contributed by atoms with Crippen molar-refractivity contribution in [2.75, 3.05) is 30.8 Å². The van der Waals surface area contributed by atoms with Crippen molar-refractivity contribution >= 4 is 27.5 Å². The second-order valence-corrected chi connectivity index (χ2v) is 11.5. The number of sulfonamides is 1. The Kier molecular flexibility index (Phi) is 11.1. The number of aryl methyl sites for hydroxylation is 1. The highest BCUT2D eigenvalue weighted by Crippen LogP contribution is 2.30. The van der Waals surface area contributed by atoms with E-state index < -0.39 is 16.1 Å². The maximum Gasteiger partial charge on any atom is 0.242 e. The first-order valence-corrected chi connectivity index (χ1v) is 15.3. The number of amides is 2. The van der Waals surface area contributed by atoms with Crippen molar-refractivity contribution in [3.63, 3.8) is 0 Å². The molecule has 0 saturated carbocycles. The Morgan fingerprint density at radius 2 is 1.60 bits per heavy atom. The van der Waals surface area contributed by atoms with E-state index in [9.17, 15) is 18.0 Å². The van der Waals surface area contributed by atoms with Crippen LogP contribution in [0.1, 0.15) is 36.5 Å². The van der Waals surface area contributed by atoms with Gasteiger partial charge in [0, 0.05) is 33.0 Å². The van der Waals surface area contributed by atoms with Crippen molar-refractivity contribution in [2.24, 2.45) is 0 Å². The van der Waals surface area contributed by atoms with Gasteiger partial charge in [0.1, 0.15) is 11.8 Å². The van der Waals surface area contributed by atoms with Crippen LogP contribution in [0.2, 0.25) is 0 Å². The van der Waals surface area contributed by atoms with E-state index in [-0.39, 0.29) is 37.7 Å². The number of nitrogens with one attached hydrogen (secondary N) is 1. The lowest BCUT2D eigenvalue weighted by atomic mass is 10.0. The molecule has 0 radical (unpaired) electrons. The normalized spacial score (nSPS) is 11.9. The molecule has 0 fully saturated rings. The minimum atomic E-state index is -3.64. The average molecular weight is 566 g/mol. The predicted octanol–water partition coefficient (Wildman–Crippen LogP) is 4.33. The second-order valence-electron chi connectivity index (χ2n) is 9.61. The first kappa shape index (κ1) is 30.7. The minimum absolute atomic E-state index is 0.0665. The summed E-state index contributed by atoms with van der Waals surface area (Å²) in [5.41, 5.74) is 3.34. The molecule has 0 spiro atoms. The Labute approximate surface area is 238 Å². The lowest BCUT2D eigenvalue weighted by Crippen LogP contribution is -2.50. The van der Waals surface area contributed by atoms with E-state index in [2.05, 4.69) is 5.32 Å². The van der Waals surface area contributed by atoms with Crippen LogP contribution in [0, 0.1) is 6.92 Å². The lowest BCUT2D eigenvalue weighted by Gasteiger charge is -2.32. The zero-order chi connectivity index (χ0) is 29.1. The third kappa shape index (κ3) is 8.32. The van der Waals surface area contributed by atoms with Crippen LogP contribution in [0.3, 0.4) is 0 Å². The Hall–Kier alpha value is -3.85. The first-order chi connectivity index (χ1) is 19.2. The topological polar surface area (TPSA) is 96.0 Å². The summed E-state index contributed by atoms with van der Waals surface area (Å²) < 4.78 is 32.4. The summed E-state index contributed by atoms with van der Waals surface area (Å²) >= 11 is 0. The van der Waals surface area contributed by atoms with Crippen molar-refractivity contribution in [1.29, 1.82) is 0 Å². The number of benzene rings is 3. The van der Waals surface area contributed by atoms with Crippen molar-refractivity contribution in [1.82, 2.24) is 10.2 Å². The van der Waals surface area contributed by atoms with Crippen molar-refractivity contribution in [2.45, 2.75) is 45.7 Å². The van der Waals surface area contributed by atoms with Gasteiger partial charge in [-0.25, -0.2) is 8.42 Å². The quantitative estimate of drug-likeness (QED) is 0.314. The maximum absolute atomic E-state index is 13.8. The van der Waals surface area contributed by atoms with Gasteiger partial charge in [-0.15, -0.1) is 0 Å². The van der Waals surface area contributed by atoms with Crippen LogP contribution in [0.4, 0.5) is 5.69 Å². The van der Waals surface area contributed by atoms with Crippen LogP contribution < -0.4 is 14.4 Å². The Balaban J connectivity index is 1.87. The van der Waals surface area contributed by atoms with Gasteiger partial charge in [-0.3, -0.25) is 13.9 Å². The summed E-state index contributed by atoms with van der Waals surface area (Å²) in [6, 6.07) is 23.6. The molecule has 0 aliphatic rings. The SMILES string of the molecule is CCOc1ccccc1N(CCCC(=O)N(Cc1ccccc1C)[C@H](Cc1ccccc1)C(=O)NC)S(C)(=O)=O. The molecule has 3 rings (SSSR count). The molecule has 0 unspecified atom stereocenters. The van der Waals surface area contributed by atoms with E-state index in [4.69, 9.17) is 4.74 Å². The predicted molar refractivity (Wildman–Crippen MR) is 159 cm³/mol. The largest absolute Gasteiger partial charge is 0.492 e. The van der Waals surface area contributed by atoms with Crippen molar-refractivity contribution in [3.05, 3.63) is 95.6 Å². The summed E-state index contributed by atoms with van der Waals surface area (Å²) in [5.74, 6) is -0.0148. The fraction of sp³-hybridized carbons (Fsp3) is 0.355. The highest BCUT2D eigenvalue weighted by molar-refractivity contribution is 7.92. The molecule has 0 bridgehead atoms. The van der Waals surface area contributed by atoms with E-state index in [1.54, 1.807) is 36.2 Å². The molecule has 0 aromatic heterocycles. The maximum atomic E-state index is 13.8. The number of hydrogen-bond acceptors (Lipinski definition) is 5. The number of nitrogens with zero attached hydrogens (tertiary/aromatic N) is 2. The molecule has 2 amide bonds. The molecule has 3 aromatic carbocycles. The van der Waals surface area contributed by atoms with Gasteiger partial charge in [-0.05, 0) is 49.1 Å². The summed E-state index contributed by atoms with van der Waals surface area (Å²) in [4.78, 5) is 28.5. The van der Waals surface area contributed by atoms with E-state index >= 15 is 0 Å². The zero-order valence-electron chi connectivity index (χ0n) is 23.7. The summed E-state index contributed by atoms with van der Waals surface area (Å²) in [6.45, 7) is 4.56. The summed E-state index contributed by atoms with van der Waals surface area (Å²) in [6.07, 6.45) is 1.83. The molecule has 3 aromatic rings. The molecule has 1 atom stereocenters. The van der Waals surface area contributed by atoms with E-state index in [1.165, 1.54) is 4.31 Å². The molecular formula is C31H39N3O5S. The van der Waals surface area contributed by atoms with Gasteiger partial charge in [0.05, 0.1) is 18.6 Å². The summed E-state index contributed by atoms with van der Waals surface area (Å²) in [5, 5.41) is 2.72. The van der Waals surface area contributed by atoms with Crippen LogP contribution in [0.5, 0.6) is 5.75 Å². The molecule has 8 nitrogen and oxygen atoms in total. The van der Waals surface area contributed by atoms with Crippen LogP contribution in [0.25, 0.3) is 0 Å². The monoisotopic (exact) mass is 565 g/mol. The van der Waals surface area contributed by atoms with E-state index in [0.717, 1.165) is 22.9 Å². The number of carbonyl (C=O) groups is 2. The highest BCUT2D eigenvalue weighted by atomic mass is 32.2. The van der Waals surface area contributed by atoms with E-state index in [1.807, 2.05) is 68.4 Å². The molecule has 214 valence electrons. The van der Waals surface area contributed by atoms with Crippen LogP contribution >= 0.6 is 0 Å². The first-order valence-electron chi connectivity index (χ1n) is 13.4. The third-order valence-corrected chi connectivity index (χ3v) is 7.89. The van der Waals surface area contributed by atoms with Gasteiger partial charge in [0.25, 0.3) is 0 Å². The number of likely N-dealkylation sites (N-methyl/N-ethyl adjacent to an activating group) is 1. The molecule has 1 N–H and O–H groups in total. The molecule has 0 heterocycles. The van der Waals surface area contributed by atoms with Gasteiger partial charge >= 0.3 is 0 Å². The molecule has 0 aliphatic carbocycles. The third-order valence-electron chi connectivity index (χ3n) is 6.71. The fourth-order valence-electron chi connectivity index (χ4n) is 4.61. The van der Waals surface area contributed by atoms with Gasteiger partial charge in [-0.2, -0.15) is 0 Å². The average Bonchev–Trinajstić information content (AvgIpc) is 2.94. The van der Waals surface area contributed by atoms with Gasteiger partial charge in [0.2, 0.25) is 21.8 Å². The van der Waals surface area contributed by atoms with Crippen LogP contribution in [0.15, 0.2) is 78.9 Å². The number of carbonyl (C=O) groups excluding carboxylic acids is 2. The number of ether oxygens (including phenoxy) is 1. The Morgan fingerprint density at radius 1 is 0.950 bits per heavy atom. The van der Waals surface area contributed by atoms with Gasteiger partial charge in [-0.1, -0.05) is 66.7 Å². The second kappa shape index (κ2) is 14.5. The number of hydrogen-bond donors (Lipinski definition) is 1. The van der Waals surface area contributed by atoms with Gasteiger partial charge < -0.3 is 15.0 Å². The molecule has 0 saturated heterocycles. The molecular weight excluding hydrogens is 526 g/mol.